The van der Waals surface area contributed by atoms with Crippen LogP contribution in [0.15, 0.2) is 47.4 Å². The first-order valence-electron chi connectivity index (χ1n) is 7.42. The molecule has 0 aliphatic rings. The predicted octanol–water partition coefficient (Wildman–Crippen LogP) is 3.47. The second kappa shape index (κ2) is 8.35. The van der Waals surface area contributed by atoms with Gasteiger partial charge < -0.3 is 10.6 Å². The zero-order chi connectivity index (χ0) is 17.5. The van der Waals surface area contributed by atoms with Crippen LogP contribution in [0.25, 0.3) is 0 Å². The summed E-state index contributed by atoms with van der Waals surface area (Å²) in [6.45, 7) is 2.90. The van der Waals surface area contributed by atoms with Crippen molar-refractivity contribution in [3.63, 3.8) is 0 Å². The first kappa shape index (κ1) is 17.8. The molecule has 0 atom stereocenters. The van der Waals surface area contributed by atoms with Crippen LogP contribution in [0.5, 0.6) is 0 Å². The summed E-state index contributed by atoms with van der Waals surface area (Å²) < 4.78 is 0. The van der Waals surface area contributed by atoms with Crippen LogP contribution in [0.3, 0.4) is 0 Å². The van der Waals surface area contributed by atoms with Crippen LogP contribution in [0, 0.1) is 17.0 Å². The van der Waals surface area contributed by atoms with Crippen LogP contribution in [-0.2, 0) is 0 Å². The Morgan fingerprint density at radius 3 is 2.50 bits per heavy atom. The van der Waals surface area contributed by atoms with E-state index < -0.39 is 4.92 Å². The average Bonchev–Trinajstić information content (AvgIpc) is 2.59. The molecular formula is C17H19N3O3S. The van der Waals surface area contributed by atoms with Crippen molar-refractivity contribution < 1.29 is 9.72 Å². The summed E-state index contributed by atoms with van der Waals surface area (Å²) in [5.41, 5.74) is 2.44. The van der Waals surface area contributed by atoms with Crippen LogP contribution < -0.4 is 10.6 Å². The third-order valence-corrected chi connectivity index (χ3v) is 4.23. The standard InChI is InChI=1S/C17H19N3O3S/c1-12-3-8-15(24-2)11-16(12)17(21)19-10-9-18-13-4-6-14(7-5-13)20(22)23/h3-8,11,18H,9-10H2,1-2H3,(H,19,21). The van der Waals surface area contributed by atoms with Crippen molar-refractivity contribution in [2.24, 2.45) is 0 Å². The van der Waals surface area contributed by atoms with E-state index >= 15 is 0 Å². The quantitative estimate of drug-likeness (QED) is 0.347. The highest BCUT2D eigenvalue weighted by Crippen LogP contribution is 2.19. The Hall–Kier alpha value is -2.54. The number of nitro benzene ring substituents is 1. The van der Waals surface area contributed by atoms with Gasteiger partial charge in [0, 0.05) is 41.4 Å². The van der Waals surface area contributed by atoms with Crippen LogP contribution in [0.2, 0.25) is 0 Å². The molecule has 0 radical (unpaired) electrons. The molecule has 0 aliphatic carbocycles. The second-order valence-electron chi connectivity index (χ2n) is 5.17. The molecule has 0 unspecified atom stereocenters. The Bertz CT molecular complexity index is 732. The molecule has 0 aliphatic heterocycles. The Balaban J connectivity index is 1.83. The molecule has 0 saturated heterocycles. The monoisotopic (exact) mass is 345 g/mol. The Labute approximate surface area is 144 Å². The summed E-state index contributed by atoms with van der Waals surface area (Å²) in [6, 6.07) is 12.0. The van der Waals surface area contributed by atoms with Crippen LogP contribution in [-0.4, -0.2) is 30.2 Å². The smallest absolute Gasteiger partial charge is 0.269 e. The minimum Gasteiger partial charge on any atom is -0.383 e. The molecule has 0 fully saturated rings. The average molecular weight is 345 g/mol. The van der Waals surface area contributed by atoms with E-state index in [1.165, 1.54) is 12.1 Å². The van der Waals surface area contributed by atoms with Crippen molar-refractivity contribution in [1.29, 1.82) is 0 Å². The van der Waals surface area contributed by atoms with Crippen molar-refractivity contribution in [3.8, 4) is 0 Å². The van der Waals surface area contributed by atoms with Crippen molar-refractivity contribution >= 4 is 29.0 Å². The van der Waals surface area contributed by atoms with Crippen LogP contribution in [0.1, 0.15) is 15.9 Å². The molecule has 6 nitrogen and oxygen atoms in total. The SMILES string of the molecule is CSc1ccc(C)c(C(=O)NCCNc2ccc([N+](=O)[O-])cc2)c1. The van der Waals surface area contributed by atoms with Gasteiger partial charge in [0.05, 0.1) is 4.92 Å². The summed E-state index contributed by atoms with van der Waals surface area (Å²) in [6.07, 6.45) is 1.97. The molecule has 0 heterocycles. The number of nitrogens with zero attached hydrogens (tertiary/aromatic N) is 1. The molecule has 0 spiro atoms. The zero-order valence-electron chi connectivity index (χ0n) is 13.5. The van der Waals surface area contributed by atoms with Gasteiger partial charge in [-0.05, 0) is 43.0 Å². The van der Waals surface area contributed by atoms with E-state index in [1.807, 2.05) is 31.4 Å². The number of hydrogen-bond acceptors (Lipinski definition) is 5. The topological polar surface area (TPSA) is 84.3 Å². The second-order valence-corrected chi connectivity index (χ2v) is 6.05. The maximum absolute atomic E-state index is 12.2. The number of hydrogen-bond donors (Lipinski definition) is 2. The molecule has 0 bridgehead atoms. The number of non-ortho nitro benzene ring substituents is 1. The van der Waals surface area contributed by atoms with E-state index in [4.69, 9.17) is 0 Å². The first-order valence-corrected chi connectivity index (χ1v) is 8.65. The van der Waals surface area contributed by atoms with E-state index in [0.717, 1.165) is 16.1 Å². The summed E-state index contributed by atoms with van der Waals surface area (Å²) in [5, 5.41) is 16.6. The molecule has 2 aromatic rings. The van der Waals surface area contributed by atoms with Gasteiger partial charge in [0.1, 0.15) is 0 Å². The number of carbonyl (C=O) groups is 1. The summed E-state index contributed by atoms with van der Waals surface area (Å²) >= 11 is 1.60. The third kappa shape index (κ3) is 4.73. The van der Waals surface area contributed by atoms with E-state index in [-0.39, 0.29) is 11.6 Å². The lowest BCUT2D eigenvalue weighted by molar-refractivity contribution is -0.384. The van der Waals surface area contributed by atoms with Gasteiger partial charge in [-0.25, -0.2) is 0 Å². The number of nitrogens with one attached hydrogen (secondary N) is 2. The summed E-state index contributed by atoms with van der Waals surface area (Å²) in [7, 11) is 0. The third-order valence-electron chi connectivity index (χ3n) is 3.51. The number of amides is 1. The highest BCUT2D eigenvalue weighted by molar-refractivity contribution is 7.98. The van der Waals surface area contributed by atoms with Gasteiger partial charge >= 0.3 is 0 Å². The van der Waals surface area contributed by atoms with E-state index in [0.29, 0.717) is 18.7 Å². The maximum Gasteiger partial charge on any atom is 0.269 e. The zero-order valence-corrected chi connectivity index (χ0v) is 14.4. The van der Waals surface area contributed by atoms with E-state index in [9.17, 15) is 14.9 Å². The minimum atomic E-state index is -0.435. The number of nitro groups is 1. The number of carbonyl (C=O) groups excluding carboxylic acids is 1. The van der Waals surface area contributed by atoms with E-state index in [2.05, 4.69) is 10.6 Å². The fraction of sp³-hybridized carbons (Fsp3) is 0.235. The number of aryl methyl sites for hydroxylation is 1. The largest absolute Gasteiger partial charge is 0.383 e. The molecule has 0 aromatic heterocycles. The molecule has 126 valence electrons. The van der Waals surface area contributed by atoms with Gasteiger partial charge in [-0.3, -0.25) is 14.9 Å². The van der Waals surface area contributed by atoms with Crippen LogP contribution >= 0.6 is 11.8 Å². The first-order chi connectivity index (χ1) is 11.5. The Kier molecular flexibility index (Phi) is 6.20. The lowest BCUT2D eigenvalue weighted by Gasteiger charge is -2.10. The van der Waals surface area contributed by atoms with Crippen LogP contribution in [0.4, 0.5) is 11.4 Å². The normalized spacial score (nSPS) is 10.2. The maximum atomic E-state index is 12.2. The molecule has 2 aromatic carbocycles. The molecule has 0 saturated carbocycles. The van der Waals surface area contributed by atoms with Gasteiger partial charge in [-0.15, -0.1) is 11.8 Å². The minimum absolute atomic E-state index is 0.0537. The van der Waals surface area contributed by atoms with Gasteiger partial charge in [-0.1, -0.05) is 6.07 Å². The molecule has 2 rings (SSSR count). The molecular weight excluding hydrogens is 326 g/mol. The fourth-order valence-corrected chi connectivity index (χ4v) is 2.59. The summed E-state index contributed by atoms with van der Waals surface area (Å²) in [4.78, 5) is 23.4. The lowest BCUT2D eigenvalue weighted by Crippen LogP contribution is -2.29. The number of anilines is 1. The Morgan fingerprint density at radius 2 is 1.88 bits per heavy atom. The number of thioether (sulfide) groups is 1. The molecule has 24 heavy (non-hydrogen) atoms. The summed E-state index contributed by atoms with van der Waals surface area (Å²) in [5.74, 6) is -0.103. The van der Waals surface area contributed by atoms with Crippen molar-refractivity contribution in [2.45, 2.75) is 11.8 Å². The van der Waals surface area contributed by atoms with Crippen molar-refractivity contribution in [3.05, 3.63) is 63.7 Å². The van der Waals surface area contributed by atoms with E-state index in [1.54, 1.807) is 23.9 Å². The molecule has 2 N–H and O–H groups in total. The highest BCUT2D eigenvalue weighted by atomic mass is 32.2. The number of benzene rings is 2. The van der Waals surface area contributed by atoms with Crippen molar-refractivity contribution in [2.75, 3.05) is 24.7 Å². The van der Waals surface area contributed by atoms with Gasteiger partial charge in [0.2, 0.25) is 0 Å². The predicted molar refractivity (Wildman–Crippen MR) is 96.9 cm³/mol. The van der Waals surface area contributed by atoms with Gasteiger partial charge in [0.25, 0.3) is 11.6 Å². The highest BCUT2D eigenvalue weighted by Gasteiger charge is 2.09. The van der Waals surface area contributed by atoms with Gasteiger partial charge in [-0.2, -0.15) is 0 Å². The number of rotatable bonds is 7. The fourth-order valence-electron chi connectivity index (χ4n) is 2.15. The Morgan fingerprint density at radius 1 is 1.17 bits per heavy atom. The molecule has 7 heteroatoms. The van der Waals surface area contributed by atoms with Gasteiger partial charge in [0.15, 0.2) is 0 Å². The van der Waals surface area contributed by atoms with Crippen molar-refractivity contribution in [1.82, 2.24) is 5.32 Å². The lowest BCUT2D eigenvalue weighted by atomic mass is 10.1. The molecule has 1 amide bonds.